The van der Waals surface area contributed by atoms with Gasteiger partial charge in [-0.1, -0.05) is 6.92 Å². The number of aliphatic hydroxyl groups excluding tert-OH is 1. The van der Waals surface area contributed by atoms with Crippen molar-refractivity contribution < 1.29 is 19.3 Å². The average Bonchev–Trinajstić information content (AvgIpc) is 2.52. The minimum Gasteiger partial charge on any atom is -0.497 e. The second kappa shape index (κ2) is 7.64. The molecular weight excluding hydrogens is 270 g/mol. The lowest BCUT2D eigenvalue weighted by molar-refractivity contribution is -0.0467. The lowest BCUT2D eigenvalue weighted by Crippen LogP contribution is -2.44. The van der Waals surface area contributed by atoms with Crippen LogP contribution in [0, 0.1) is 0 Å². The molecule has 5 nitrogen and oxygen atoms in total. The Balaban J connectivity index is 2.01. The van der Waals surface area contributed by atoms with Gasteiger partial charge < -0.3 is 19.3 Å². The molecule has 1 fully saturated rings. The summed E-state index contributed by atoms with van der Waals surface area (Å²) in [5.74, 6) is 1.37. The molecule has 0 radical (unpaired) electrons. The van der Waals surface area contributed by atoms with E-state index in [9.17, 15) is 5.11 Å². The number of hydrogen-bond acceptors (Lipinski definition) is 5. The first-order valence-electron chi connectivity index (χ1n) is 7.46. The Morgan fingerprint density at radius 1 is 1.48 bits per heavy atom. The van der Waals surface area contributed by atoms with Crippen molar-refractivity contribution in [1.82, 2.24) is 4.90 Å². The molecule has 0 saturated carbocycles. The molecule has 1 heterocycles. The van der Waals surface area contributed by atoms with Crippen molar-refractivity contribution >= 4 is 0 Å². The molecule has 1 aliphatic rings. The molecule has 21 heavy (non-hydrogen) atoms. The predicted octanol–water partition coefficient (Wildman–Crippen LogP) is 1.85. The molecule has 0 bridgehead atoms. The highest BCUT2D eigenvalue weighted by Gasteiger charge is 2.20. The monoisotopic (exact) mass is 295 g/mol. The topological polar surface area (TPSA) is 51.2 Å². The smallest absolute Gasteiger partial charge is 0.128 e. The molecule has 1 aromatic rings. The van der Waals surface area contributed by atoms with Gasteiger partial charge in [0.25, 0.3) is 0 Å². The molecule has 0 spiro atoms. The molecule has 118 valence electrons. The van der Waals surface area contributed by atoms with Crippen LogP contribution >= 0.6 is 0 Å². The van der Waals surface area contributed by atoms with Crippen molar-refractivity contribution in [2.75, 3.05) is 40.0 Å². The minimum absolute atomic E-state index is 0.0618. The van der Waals surface area contributed by atoms with Crippen LogP contribution in [0.4, 0.5) is 0 Å². The number of likely N-dealkylation sites (N-methyl/N-ethyl adjacent to an activating group) is 1. The molecule has 1 aromatic carbocycles. The molecule has 1 aliphatic heterocycles. The average molecular weight is 295 g/mol. The summed E-state index contributed by atoms with van der Waals surface area (Å²) in [5.41, 5.74) is 0.763. The SMILES string of the molecule is CCN1CCOC(COc2cc(OC)ccc2[C@@H](C)O)C1. The molecule has 0 aromatic heterocycles. The van der Waals surface area contributed by atoms with Gasteiger partial charge in [-0.25, -0.2) is 0 Å². The Morgan fingerprint density at radius 3 is 2.95 bits per heavy atom. The van der Waals surface area contributed by atoms with E-state index in [2.05, 4.69) is 11.8 Å². The zero-order valence-corrected chi connectivity index (χ0v) is 13.0. The van der Waals surface area contributed by atoms with Crippen molar-refractivity contribution in [3.63, 3.8) is 0 Å². The molecule has 2 atom stereocenters. The molecule has 0 amide bonds. The summed E-state index contributed by atoms with van der Waals surface area (Å²) in [7, 11) is 1.62. The number of rotatable bonds is 6. The quantitative estimate of drug-likeness (QED) is 0.868. The van der Waals surface area contributed by atoms with E-state index in [4.69, 9.17) is 14.2 Å². The Kier molecular flexibility index (Phi) is 5.85. The summed E-state index contributed by atoms with van der Waals surface area (Å²) >= 11 is 0. The summed E-state index contributed by atoms with van der Waals surface area (Å²) in [4.78, 5) is 2.35. The highest BCUT2D eigenvalue weighted by atomic mass is 16.5. The molecule has 1 saturated heterocycles. The third-order valence-corrected chi connectivity index (χ3v) is 3.77. The maximum atomic E-state index is 9.82. The first-order valence-corrected chi connectivity index (χ1v) is 7.46. The first-order chi connectivity index (χ1) is 10.1. The Morgan fingerprint density at radius 2 is 2.29 bits per heavy atom. The van der Waals surface area contributed by atoms with E-state index in [1.165, 1.54) is 0 Å². The van der Waals surface area contributed by atoms with Crippen molar-refractivity contribution in [2.45, 2.75) is 26.1 Å². The van der Waals surface area contributed by atoms with Gasteiger partial charge in [0.05, 0.1) is 19.8 Å². The van der Waals surface area contributed by atoms with E-state index >= 15 is 0 Å². The molecular formula is C16H25NO4. The normalized spacial score (nSPS) is 21.0. The number of nitrogens with zero attached hydrogens (tertiary/aromatic N) is 1. The van der Waals surface area contributed by atoms with Crippen molar-refractivity contribution in [3.05, 3.63) is 23.8 Å². The summed E-state index contributed by atoms with van der Waals surface area (Å²) in [6.45, 7) is 7.97. The zero-order valence-electron chi connectivity index (χ0n) is 13.0. The number of methoxy groups -OCH3 is 1. The lowest BCUT2D eigenvalue weighted by atomic mass is 10.1. The van der Waals surface area contributed by atoms with Crippen LogP contribution in [0.1, 0.15) is 25.5 Å². The summed E-state index contributed by atoms with van der Waals surface area (Å²) in [6, 6.07) is 5.46. The molecule has 1 unspecified atom stereocenters. The van der Waals surface area contributed by atoms with Crippen molar-refractivity contribution in [3.8, 4) is 11.5 Å². The number of aliphatic hydroxyl groups is 1. The number of ether oxygens (including phenoxy) is 3. The van der Waals surface area contributed by atoms with Gasteiger partial charge in [-0.05, 0) is 25.6 Å². The van der Waals surface area contributed by atoms with Gasteiger partial charge in [0.15, 0.2) is 0 Å². The number of morpholine rings is 1. The van der Waals surface area contributed by atoms with Gasteiger partial charge >= 0.3 is 0 Å². The zero-order chi connectivity index (χ0) is 15.2. The first kappa shape index (κ1) is 16.1. The second-order valence-corrected chi connectivity index (χ2v) is 5.28. The standard InChI is InChI=1S/C16H25NO4/c1-4-17-7-8-20-14(10-17)11-21-16-9-13(19-3)5-6-15(16)12(2)18/h5-6,9,12,14,18H,4,7-8,10-11H2,1-3H3/t12-,14?/m1/s1. The van der Waals surface area contributed by atoms with E-state index in [0.717, 1.165) is 31.8 Å². The van der Waals surface area contributed by atoms with Crippen molar-refractivity contribution in [1.29, 1.82) is 0 Å². The highest BCUT2D eigenvalue weighted by Crippen LogP contribution is 2.29. The van der Waals surface area contributed by atoms with Gasteiger partial charge in [-0.3, -0.25) is 4.90 Å². The van der Waals surface area contributed by atoms with Crippen LogP contribution in [0.15, 0.2) is 18.2 Å². The predicted molar refractivity (Wildman–Crippen MR) is 81.0 cm³/mol. The maximum absolute atomic E-state index is 9.82. The van der Waals surface area contributed by atoms with Crippen LogP contribution in [-0.4, -0.2) is 56.1 Å². The van der Waals surface area contributed by atoms with E-state index in [1.54, 1.807) is 14.0 Å². The van der Waals surface area contributed by atoms with E-state index in [1.807, 2.05) is 18.2 Å². The lowest BCUT2D eigenvalue weighted by Gasteiger charge is -2.32. The summed E-state index contributed by atoms with van der Waals surface area (Å²) < 4.78 is 16.8. The van der Waals surface area contributed by atoms with Crippen LogP contribution in [0.5, 0.6) is 11.5 Å². The van der Waals surface area contributed by atoms with Gasteiger partial charge in [0, 0.05) is 24.7 Å². The van der Waals surface area contributed by atoms with Crippen LogP contribution in [0.25, 0.3) is 0 Å². The molecule has 1 N–H and O–H groups in total. The number of benzene rings is 1. The minimum atomic E-state index is -0.578. The fourth-order valence-electron chi connectivity index (χ4n) is 2.46. The van der Waals surface area contributed by atoms with Gasteiger partial charge in [0.2, 0.25) is 0 Å². The van der Waals surface area contributed by atoms with Gasteiger partial charge in [-0.15, -0.1) is 0 Å². The van der Waals surface area contributed by atoms with Crippen LogP contribution in [-0.2, 0) is 4.74 Å². The van der Waals surface area contributed by atoms with E-state index in [0.29, 0.717) is 18.1 Å². The van der Waals surface area contributed by atoms with E-state index in [-0.39, 0.29) is 6.10 Å². The fourth-order valence-corrected chi connectivity index (χ4v) is 2.46. The van der Waals surface area contributed by atoms with Gasteiger partial charge in [0.1, 0.15) is 24.2 Å². The summed E-state index contributed by atoms with van der Waals surface area (Å²) in [5, 5.41) is 9.82. The largest absolute Gasteiger partial charge is 0.497 e. The van der Waals surface area contributed by atoms with Crippen LogP contribution in [0.2, 0.25) is 0 Å². The highest BCUT2D eigenvalue weighted by molar-refractivity contribution is 5.41. The van der Waals surface area contributed by atoms with Crippen LogP contribution < -0.4 is 9.47 Å². The van der Waals surface area contributed by atoms with Gasteiger partial charge in [-0.2, -0.15) is 0 Å². The summed E-state index contributed by atoms with van der Waals surface area (Å²) in [6.07, 6.45) is -0.517. The fraction of sp³-hybridized carbons (Fsp3) is 0.625. The van der Waals surface area contributed by atoms with E-state index < -0.39 is 6.10 Å². The Bertz CT molecular complexity index is 450. The molecule has 0 aliphatic carbocycles. The molecule has 5 heteroatoms. The maximum Gasteiger partial charge on any atom is 0.128 e. The third-order valence-electron chi connectivity index (χ3n) is 3.77. The van der Waals surface area contributed by atoms with Crippen LogP contribution in [0.3, 0.4) is 0 Å². The molecule has 2 rings (SSSR count). The Hall–Kier alpha value is -1.30. The Labute approximate surface area is 126 Å². The third kappa shape index (κ3) is 4.33. The number of hydrogen-bond donors (Lipinski definition) is 1. The van der Waals surface area contributed by atoms with Crippen molar-refractivity contribution in [2.24, 2.45) is 0 Å². The second-order valence-electron chi connectivity index (χ2n) is 5.28.